The number of aromatic hydroxyl groups is 1. The predicted octanol–water partition coefficient (Wildman–Crippen LogP) is 6.52. The van der Waals surface area contributed by atoms with Gasteiger partial charge >= 0.3 is 6.01 Å². The Hall–Kier alpha value is -3.31. The number of nitrogens with zero attached hydrogens (tertiary/aromatic N) is 4. The molecule has 5 aliphatic rings. The summed E-state index contributed by atoms with van der Waals surface area (Å²) in [6, 6.07) is 11.3. The van der Waals surface area contributed by atoms with Crippen LogP contribution in [0.1, 0.15) is 50.5 Å². The standard InChI is InChI=1S/C36H38ClF2N5O3/c37-29-4-1-3-20-11-25(45)13-27(30(20)29)31-21(18-46-26-7-8-26)12-28-33(32(31)39)41-35(42-34(28)43-16-23-5-6-24(17-43)40-23)47-19-36-9-2-10-44(36)15-22(38)14-36/h1,3-4,11-13,22-24,26,40,45H,2,5-10,14-19H2/t22-,23?,24?,36+/m1/s1. The van der Waals surface area contributed by atoms with Gasteiger partial charge in [-0.05, 0) is 85.8 Å². The number of rotatable bonds is 8. The number of halogens is 3. The van der Waals surface area contributed by atoms with E-state index in [1.54, 1.807) is 18.2 Å². The van der Waals surface area contributed by atoms with Crippen molar-refractivity contribution in [1.29, 1.82) is 0 Å². The number of aromatic nitrogens is 2. The average molecular weight is 662 g/mol. The zero-order chi connectivity index (χ0) is 31.9. The second kappa shape index (κ2) is 11.4. The van der Waals surface area contributed by atoms with Crippen LogP contribution in [0.5, 0.6) is 11.8 Å². The van der Waals surface area contributed by atoms with Gasteiger partial charge in [-0.25, -0.2) is 8.78 Å². The second-order valence-electron chi connectivity index (χ2n) is 14.2. The molecule has 1 aliphatic carbocycles. The highest BCUT2D eigenvalue weighted by Crippen LogP contribution is 2.44. The Kier molecular flexibility index (Phi) is 7.23. The van der Waals surface area contributed by atoms with E-state index in [1.807, 2.05) is 18.2 Å². The fraction of sp³-hybridized carbons (Fsp3) is 0.500. The molecule has 0 spiro atoms. The van der Waals surface area contributed by atoms with Crippen molar-refractivity contribution in [3.8, 4) is 22.9 Å². The second-order valence-corrected chi connectivity index (χ2v) is 14.6. The Bertz CT molecular complexity index is 1880. The molecule has 3 aromatic carbocycles. The quantitative estimate of drug-likeness (QED) is 0.221. The number of nitrogens with one attached hydrogen (secondary N) is 1. The number of fused-ring (bicyclic) bond motifs is 5. The molecule has 4 saturated heterocycles. The first-order valence-corrected chi connectivity index (χ1v) is 17.3. The molecule has 4 aliphatic heterocycles. The highest BCUT2D eigenvalue weighted by molar-refractivity contribution is 6.36. The molecule has 4 atom stereocenters. The van der Waals surface area contributed by atoms with E-state index in [0.29, 0.717) is 68.7 Å². The van der Waals surface area contributed by atoms with Crippen LogP contribution in [-0.2, 0) is 11.3 Å². The molecule has 47 heavy (non-hydrogen) atoms. The van der Waals surface area contributed by atoms with Crippen LogP contribution in [-0.4, -0.2) is 82.7 Å². The highest BCUT2D eigenvalue weighted by Gasteiger charge is 2.49. The predicted molar refractivity (Wildman–Crippen MR) is 178 cm³/mol. The van der Waals surface area contributed by atoms with Gasteiger partial charge in [0.1, 0.15) is 29.9 Å². The summed E-state index contributed by atoms with van der Waals surface area (Å²) >= 11 is 6.74. The van der Waals surface area contributed by atoms with E-state index < -0.39 is 17.5 Å². The van der Waals surface area contributed by atoms with Crippen LogP contribution in [0.25, 0.3) is 32.8 Å². The molecule has 246 valence electrons. The third-order valence-corrected chi connectivity index (χ3v) is 11.2. The lowest BCUT2D eigenvalue weighted by molar-refractivity contribution is 0.106. The number of phenolic OH excluding ortho intramolecular Hbond substituents is 1. The maximum atomic E-state index is 17.4. The van der Waals surface area contributed by atoms with E-state index in [2.05, 4.69) is 15.1 Å². The highest BCUT2D eigenvalue weighted by atomic mass is 35.5. The van der Waals surface area contributed by atoms with Gasteiger partial charge in [0, 0.05) is 59.5 Å². The monoisotopic (exact) mass is 661 g/mol. The third kappa shape index (κ3) is 5.28. The van der Waals surface area contributed by atoms with Crippen LogP contribution in [0.15, 0.2) is 36.4 Å². The molecule has 0 amide bonds. The topological polar surface area (TPSA) is 83.0 Å². The van der Waals surface area contributed by atoms with E-state index in [-0.39, 0.29) is 36.6 Å². The fourth-order valence-electron chi connectivity index (χ4n) is 8.58. The van der Waals surface area contributed by atoms with Gasteiger partial charge in [-0.15, -0.1) is 0 Å². The maximum Gasteiger partial charge on any atom is 0.319 e. The normalized spacial score (nSPS) is 27.3. The number of hydrogen-bond acceptors (Lipinski definition) is 8. The van der Waals surface area contributed by atoms with E-state index in [0.717, 1.165) is 58.2 Å². The number of benzene rings is 3. The summed E-state index contributed by atoms with van der Waals surface area (Å²) in [5.41, 5.74) is 1.16. The maximum absolute atomic E-state index is 17.4. The number of ether oxygens (including phenoxy) is 2. The largest absolute Gasteiger partial charge is 0.508 e. The van der Waals surface area contributed by atoms with E-state index >= 15 is 4.39 Å². The van der Waals surface area contributed by atoms with E-state index in [9.17, 15) is 9.50 Å². The molecule has 0 radical (unpaired) electrons. The smallest absolute Gasteiger partial charge is 0.319 e. The fourth-order valence-corrected chi connectivity index (χ4v) is 8.86. The molecular weight excluding hydrogens is 624 g/mol. The molecule has 1 saturated carbocycles. The van der Waals surface area contributed by atoms with Gasteiger partial charge in [-0.2, -0.15) is 9.97 Å². The van der Waals surface area contributed by atoms with Gasteiger partial charge in [-0.3, -0.25) is 4.90 Å². The molecule has 2 N–H and O–H groups in total. The third-order valence-electron chi connectivity index (χ3n) is 10.9. The average Bonchev–Trinajstić information content (AvgIpc) is 3.61. The summed E-state index contributed by atoms with van der Waals surface area (Å²) in [6.45, 7) is 3.20. The molecule has 4 aromatic rings. The lowest BCUT2D eigenvalue weighted by atomic mass is 9.92. The molecule has 5 fully saturated rings. The van der Waals surface area contributed by atoms with Crippen molar-refractivity contribution in [2.24, 2.45) is 0 Å². The molecule has 5 heterocycles. The molecule has 1 aromatic heterocycles. The Morgan fingerprint density at radius 1 is 1.06 bits per heavy atom. The van der Waals surface area contributed by atoms with Crippen molar-refractivity contribution < 1.29 is 23.4 Å². The first-order chi connectivity index (χ1) is 22.8. The van der Waals surface area contributed by atoms with Crippen molar-refractivity contribution in [3.63, 3.8) is 0 Å². The van der Waals surface area contributed by atoms with Crippen LogP contribution in [0, 0.1) is 5.82 Å². The molecular formula is C36H38ClF2N5O3. The minimum Gasteiger partial charge on any atom is -0.508 e. The summed E-state index contributed by atoms with van der Waals surface area (Å²) < 4.78 is 44.5. The van der Waals surface area contributed by atoms with Crippen LogP contribution in [0.4, 0.5) is 14.6 Å². The van der Waals surface area contributed by atoms with Gasteiger partial charge < -0.3 is 24.8 Å². The number of hydrogen-bond donors (Lipinski definition) is 2. The summed E-state index contributed by atoms with van der Waals surface area (Å²) in [6.07, 6.45) is 5.65. The minimum absolute atomic E-state index is 0.00937. The van der Waals surface area contributed by atoms with Crippen molar-refractivity contribution in [3.05, 3.63) is 52.8 Å². The van der Waals surface area contributed by atoms with Gasteiger partial charge in [0.05, 0.1) is 18.2 Å². The van der Waals surface area contributed by atoms with Crippen LogP contribution >= 0.6 is 11.6 Å². The van der Waals surface area contributed by atoms with Crippen molar-refractivity contribution in [2.45, 2.75) is 81.5 Å². The summed E-state index contributed by atoms with van der Waals surface area (Å²) in [5.74, 6) is 0.103. The first kappa shape index (κ1) is 29.8. The van der Waals surface area contributed by atoms with Crippen molar-refractivity contribution >= 4 is 39.1 Å². The number of piperazine rings is 1. The summed E-state index contributed by atoms with van der Waals surface area (Å²) in [7, 11) is 0. The molecule has 8 nitrogen and oxygen atoms in total. The van der Waals surface area contributed by atoms with Crippen molar-refractivity contribution in [2.75, 3.05) is 37.7 Å². The molecule has 11 heteroatoms. The molecule has 2 unspecified atom stereocenters. The Balaban J connectivity index is 1.22. The lowest BCUT2D eigenvalue weighted by Crippen LogP contribution is -2.51. The van der Waals surface area contributed by atoms with Gasteiger partial charge in [0.2, 0.25) is 0 Å². The molecule has 9 rings (SSSR count). The van der Waals surface area contributed by atoms with Crippen LogP contribution in [0.2, 0.25) is 5.02 Å². The number of alkyl halides is 1. The minimum atomic E-state index is -0.886. The van der Waals surface area contributed by atoms with E-state index in [1.165, 1.54) is 0 Å². The van der Waals surface area contributed by atoms with Gasteiger partial charge in [0.15, 0.2) is 5.82 Å². The van der Waals surface area contributed by atoms with Crippen LogP contribution in [0.3, 0.4) is 0 Å². The first-order valence-electron chi connectivity index (χ1n) is 16.9. The lowest BCUT2D eigenvalue weighted by Gasteiger charge is -2.35. The van der Waals surface area contributed by atoms with Gasteiger partial charge in [0.25, 0.3) is 0 Å². The summed E-state index contributed by atoms with van der Waals surface area (Å²) in [5, 5.41) is 16.9. The molecule has 2 bridgehead atoms. The van der Waals surface area contributed by atoms with E-state index in [4.69, 9.17) is 31.0 Å². The Morgan fingerprint density at radius 2 is 1.89 bits per heavy atom. The van der Waals surface area contributed by atoms with Crippen molar-refractivity contribution in [1.82, 2.24) is 20.2 Å². The van der Waals surface area contributed by atoms with Crippen LogP contribution < -0.4 is 15.0 Å². The zero-order valence-electron chi connectivity index (χ0n) is 26.2. The van der Waals surface area contributed by atoms with Gasteiger partial charge in [-0.1, -0.05) is 23.7 Å². The number of anilines is 1. The summed E-state index contributed by atoms with van der Waals surface area (Å²) in [4.78, 5) is 14.1. The SMILES string of the molecule is Oc1cc(-c2c(COC3CC3)cc3c(N4CC5CCC(C4)N5)nc(OC[C@@]45CCCN4C[C@H](F)C5)nc3c2F)c2c(Cl)cccc2c1. The Labute approximate surface area is 277 Å². The Morgan fingerprint density at radius 3 is 2.70 bits per heavy atom. The number of phenols is 1. The zero-order valence-corrected chi connectivity index (χ0v) is 26.9.